The van der Waals surface area contributed by atoms with Gasteiger partial charge in [-0.05, 0) is 33.6 Å². The van der Waals surface area contributed by atoms with Gasteiger partial charge >= 0.3 is 12.1 Å². The predicted molar refractivity (Wildman–Crippen MR) is 118 cm³/mol. The van der Waals surface area contributed by atoms with Crippen molar-refractivity contribution in [2.45, 2.75) is 45.1 Å². The third kappa shape index (κ3) is 4.23. The Bertz CT molecular complexity index is 1210. The Hall–Kier alpha value is -3.62. The van der Waals surface area contributed by atoms with Gasteiger partial charge in [0.05, 0.1) is 5.69 Å². The lowest BCUT2D eigenvalue weighted by Crippen LogP contribution is -2.41. The first-order chi connectivity index (χ1) is 15.1. The molecule has 4 rings (SSSR count). The minimum atomic E-state index is -1.16. The number of carbonyl (C=O) groups is 2. The summed E-state index contributed by atoms with van der Waals surface area (Å²) in [5, 5.41) is 14.4. The van der Waals surface area contributed by atoms with Gasteiger partial charge in [0, 0.05) is 30.6 Å². The lowest BCUT2D eigenvalue weighted by atomic mass is 9.93. The molecule has 0 bridgehead atoms. The number of ether oxygens (including phenoxy) is 1. The SMILES string of the molecule is CC(C)(C)OC(=O)N1CCC(c2cc(=O)[nH]c3c(C(=O)O)c(-c4ccccc4)nn23)CC1. The van der Waals surface area contributed by atoms with Crippen molar-refractivity contribution >= 4 is 17.7 Å². The van der Waals surface area contributed by atoms with E-state index in [9.17, 15) is 19.5 Å². The number of hydrogen-bond acceptors (Lipinski definition) is 5. The van der Waals surface area contributed by atoms with Crippen molar-refractivity contribution in [1.82, 2.24) is 19.5 Å². The molecule has 0 saturated carbocycles. The average Bonchev–Trinajstić information content (AvgIpc) is 3.12. The summed E-state index contributed by atoms with van der Waals surface area (Å²) in [6.45, 7) is 6.44. The van der Waals surface area contributed by atoms with Crippen molar-refractivity contribution < 1.29 is 19.4 Å². The minimum absolute atomic E-state index is 0.0404. The van der Waals surface area contributed by atoms with Crippen LogP contribution in [0, 0.1) is 0 Å². The summed E-state index contributed by atoms with van der Waals surface area (Å²) in [7, 11) is 0. The second-order valence-corrected chi connectivity index (χ2v) is 8.96. The minimum Gasteiger partial charge on any atom is -0.477 e. The largest absolute Gasteiger partial charge is 0.477 e. The van der Waals surface area contributed by atoms with Gasteiger partial charge in [0.1, 0.15) is 16.9 Å². The van der Waals surface area contributed by atoms with E-state index in [2.05, 4.69) is 10.1 Å². The van der Waals surface area contributed by atoms with E-state index in [4.69, 9.17) is 4.74 Å². The number of aromatic amines is 1. The maximum Gasteiger partial charge on any atom is 0.410 e. The standard InChI is InChI=1S/C23H26N4O5/c1-23(2,3)32-22(31)26-11-9-14(10-12-26)16-13-17(28)24-20-18(21(29)30)19(25-27(16)20)15-7-5-4-6-8-15/h4-8,13-14H,9-12H2,1-3H3,(H,24,28)(H,29,30). The number of aromatic carboxylic acids is 1. The first-order valence-corrected chi connectivity index (χ1v) is 10.6. The topological polar surface area (TPSA) is 117 Å². The molecule has 2 aromatic heterocycles. The molecule has 2 N–H and O–H groups in total. The number of fused-ring (bicyclic) bond motifs is 1. The van der Waals surface area contributed by atoms with Crippen LogP contribution in [-0.2, 0) is 4.74 Å². The number of amides is 1. The second-order valence-electron chi connectivity index (χ2n) is 8.96. The highest BCUT2D eigenvalue weighted by molar-refractivity contribution is 6.01. The van der Waals surface area contributed by atoms with Gasteiger partial charge in [-0.25, -0.2) is 14.1 Å². The first-order valence-electron chi connectivity index (χ1n) is 10.6. The second kappa shape index (κ2) is 8.14. The molecule has 1 fully saturated rings. The lowest BCUT2D eigenvalue weighted by molar-refractivity contribution is 0.0203. The highest BCUT2D eigenvalue weighted by Crippen LogP contribution is 2.31. The van der Waals surface area contributed by atoms with Crippen LogP contribution >= 0.6 is 0 Å². The van der Waals surface area contributed by atoms with E-state index in [1.165, 1.54) is 10.6 Å². The molecule has 3 heterocycles. The van der Waals surface area contributed by atoms with Gasteiger partial charge in [-0.15, -0.1) is 0 Å². The highest BCUT2D eigenvalue weighted by atomic mass is 16.6. The lowest BCUT2D eigenvalue weighted by Gasteiger charge is -2.33. The molecule has 0 radical (unpaired) electrons. The summed E-state index contributed by atoms with van der Waals surface area (Å²) < 4.78 is 6.98. The van der Waals surface area contributed by atoms with Gasteiger partial charge in [-0.2, -0.15) is 5.10 Å². The van der Waals surface area contributed by atoms with Gasteiger partial charge in [0.15, 0.2) is 5.65 Å². The number of benzene rings is 1. The van der Waals surface area contributed by atoms with Gasteiger partial charge in [-0.3, -0.25) is 4.79 Å². The van der Waals surface area contributed by atoms with E-state index in [1.54, 1.807) is 29.2 Å². The summed E-state index contributed by atoms with van der Waals surface area (Å²) in [6.07, 6.45) is 0.868. The maximum atomic E-state index is 12.4. The van der Waals surface area contributed by atoms with Crippen molar-refractivity contribution in [2.75, 3.05) is 13.1 Å². The number of H-pyrrole nitrogens is 1. The van der Waals surface area contributed by atoms with Crippen molar-refractivity contribution in [3.63, 3.8) is 0 Å². The van der Waals surface area contributed by atoms with Crippen LogP contribution in [0.15, 0.2) is 41.2 Å². The van der Waals surface area contributed by atoms with Gasteiger partial charge < -0.3 is 19.7 Å². The molecular weight excluding hydrogens is 412 g/mol. The summed E-state index contributed by atoms with van der Waals surface area (Å²) >= 11 is 0. The van der Waals surface area contributed by atoms with Crippen LogP contribution in [0.4, 0.5) is 4.79 Å². The van der Waals surface area contributed by atoms with E-state index in [0.29, 0.717) is 42.9 Å². The van der Waals surface area contributed by atoms with Gasteiger partial charge in [0.25, 0.3) is 5.56 Å². The number of hydrogen-bond donors (Lipinski definition) is 2. The molecular formula is C23H26N4O5. The third-order valence-corrected chi connectivity index (χ3v) is 5.48. The Morgan fingerprint density at radius 1 is 1.16 bits per heavy atom. The van der Waals surface area contributed by atoms with Crippen molar-refractivity contribution in [3.05, 3.63) is 58.0 Å². The van der Waals surface area contributed by atoms with Crippen LogP contribution in [0.5, 0.6) is 0 Å². The van der Waals surface area contributed by atoms with Gasteiger partial charge in [-0.1, -0.05) is 30.3 Å². The van der Waals surface area contributed by atoms with Crippen molar-refractivity contribution in [3.8, 4) is 11.3 Å². The quantitative estimate of drug-likeness (QED) is 0.646. The van der Waals surface area contributed by atoms with E-state index in [0.717, 1.165) is 0 Å². The molecule has 1 aromatic carbocycles. The first kappa shape index (κ1) is 21.6. The normalized spacial score (nSPS) is 15.2. The van der Waals surface area contributed by atoms with Crippen LogP contribution in [0.3, 0.4) is 0 Å². The smallest absolute Gasteiger partial charge is 0.410 e. The number of carbonyl (C=O) groups excluding carboxylic acids is 1. The van der Waals surface area contributed by atoms with Crippen LogP contribution < -0.4 is 5.56 Å². The molecule has 9 nitrogen and oxygen atoms in total. The number of piperidine rings is 1. The van der Waals surface area contributed by atoms with Crippen LogP contribution in [0.2, 0.25) is 0 Å². The summed E-state index contributed by atoms with van der Waals surface area (Å²) in [5.41, 5.74) is 0.756. The fraction of sp³-hybridized carbons (Fsp3) is 0.391. The molecule has 0 spiro atoms. The molecule has 3 aromatic rings. The Kier molecular flexibility index (Phi) is 5.50. The average molecular weight is 438 g/mol. The molecule has 1 saturated heterocycles. The Balaban J connectivity index is 1.70. The number of carboxylic acid groups (broad SMARTS) is 1. The zero-order chi connectivity index (χ0) is 23.0. The number of carboxylic acids is 1. The fourth-order valence-electron chi connectivity index (χ4n) is 4.04. The van der Waals surface area contributed by atoms with E-state index in [-0.39, 0.29) is 28.8 Å². The fourth-order valence-corrected chi connectivity index (χ4v) is 4.04. The molecule has 32 heavy (non-hydrogen) atoms. The monoisotopic (exact) mass is 438 g/mol. The molecule has 1 aliphatic heterocycles. The number of likely N-dealkylation sites (tertiary alicyclic amines) is 1. The molecule has 0 aliphatic carbocycles. The summed E-state index contributed by atoms with van der Waals surface area (Å²) in [5.74, 6) is -1.21. The van der Waals surface area contributed by atoms with Crippen molar-refractivity contribution in [2.24, 2.45) is 0 Å². The van der Waals surface area contributed by atoms with E-state index >= 15 is 0 Å². The summed E-state index contributed by atoms with van der Waals surface area (Å²) in [6, 6.07) is 10.5. The number of nitrogens with zero attached hydrogens (tertiary/aromatic N) is 3. The van der Waals surface area contributed by atoms with E-state index < -0.39 is 11.6 Å². The zero-order valence-corrected chi connectivity index (χ0v) is 18.3. The highest BCUT2D eigenvalue weighted by Gasteiger charge is 2.30. The molecule has 1 aliphatic rings. The Morgan fingerprint density at radius 3 is 2.41 bits per heavy atom. The Morgan fingerprint density at radius 2 is 1.81 bits per heavy atom. The molecule has 1 amide bonds. The predicted octanol–water partition coefficient (Wildman–Crippen LogP) is 3.50. The Labute approximate surface area is 184 Å². The zero-order valence-electron chi connectivity index (χ0n) is 18.3. The number of rotatable bonds is 3. The number of aromatic nitrogens is 3. The molecule has 0 unspecified atom stereocenters. The molecule has 168 valence electrons. The van der Waals surface area contributed by atoms with Gasteiger partial charge in [0.2, 0.25) is 0 Å². The third-order valence-electron chi connectivity index (χ3n) is 5.48. The molecule has 0 atom stereocenters. The molecule has 9 heteroatoms. The summed E-state index contributed by atoms with van der Waals surface area (Å²) in [4.78, 5) is 41.2. The number of nitrogens with one attached hydrogen (secondary N) is 1. The maximum absolute atomic E-state index is 12.4. The van der Waals surface area contributed by atoms with E-state index in [1.807, 2.05) is 26.8 Å². The van der Waals surface area contributed by atoms with Crippen LogP contribution in [0.25, 0.3) is 16.9 Å². The van der Waals surface area contributed by atoms with Crippen molar-refractivity contribution in [1.29, 1.82) is 0 Å². The van der Waals surface area contributed by atoms with Crippen LogP contribution in [-0.4, -0.2) is 55.4 Å². The van der Waals surface area contributed by atoms with Crippen LogP contribution in [0.1, 0.15) is 55.6 Å².